The summed E-state index contributed by atoms with van der Waals surface area (Å²) in [6.07, 6.45) is 1.24. The monoisotopic (exact) mass is 344 g/mol. The van der Waals surface area contributed by atoms with E-state index in [0.29, 0.717) is 11.4 Å². The maximum absolute atomic E-state index is 12.2. The molecule has 10 heteroatoms. The van der Waals surface area contributed by atoms with Gasteiger partial charge in [-0.05, 0) is 12.1 Å². The number of aliphatic hydroxyl groups is 2. The molecule has 0 spiro atoms. The number of H-pyrrole nitrogens is 1. The van der Waals surface area contributed by atoms with Gasteiger partial charge < -0.3 is 20.7 Å². The minimum atomic E-state index is -0.836. The molecule has 1 aliphatic rings. The molecule has 3 unspecified atom stereocenters. The quantitative estimate of drug-likeness (QED) is 0.492. The van der Waals surface area contributed by atoms with Crippen LogP contribution in [0, 0.1) is 0 Å². The first-order valence-corrected chi connectivity index (χ1v) is 7.71. The number of hydrogen-bond acceptors (Lipinski definition) is 8. The predicted molar refractivity (Wildman–Crippen MR) is 87.4 cm³/mol. The number of pyridine rings is 1. The van der Waals surface area contributed by atoms with Crippen LogP contribution in [0.3, 0.4) is 0 Å². The summed E-state index contributed by atoms with van der Waals surface area (Å²) in [5, 5.41) is 19.4. The van der Waals surface area contributed by atoms with Gasteiger partial charge in [0.15, 0.2) is 11.2 Å². The summed E-state index contributed by atoms with van der Waals surface area (Å²) in [5.41, 5.74) is 6.28. The number of aliphatic hydroxyl groups excluding tert-OH is 2. The Bertz CT molecular complexity index is 969. The number of ether oxygens (including phenoxy) is 1. The Morgan fingerprint density at radius 2 is 2.12 bits per heavy atom. The van der Waals surface area contributed by atoms with E-state index in [1.165, 1.54) is 0 Å². The zero-order valence-corrected chi connectivity index (χ0v) is 13.0. The molecule has 4 rings (SSSR count). The van der Waals surface area contributed by atoms with Gasteiger partial charge in [0, 0.05) is 24.4 Å². The van der Waals surface area contributed by atoms with E-state index >= 15 is 0 Å². The highest BCUT2D eigenvalue weighted by atomic mass is 16.5. The fourth-order valence-corrected chi connectivity index (χ4v) is 3.02. The van der Waals surface area contributed by atoms with Crippen molar-refractivity contribution < 1.29 is 14.9 Å². The summed E-state index contributed by atoms with van der Waals surface area (Å²) in [7, 11) is 0. The second-order valence-electron chi connectivity index (χ2n) is 5.78. The van der Waals surface area contributed by atoms with E-state index in [2.05, 4.69) is 19.9 Å². The molecular formula is C15H16N6O4. The van der Waals surface area contributed by atoms with Crippen LogP contribution in [0.15, 0.2) is 29.3 Å². The number of nitrogens with two attached hydrogens (primary N) is 1. The summed E-state index contributed by atoms with van der Waals surface area (Å²) < 4.78 is 7.35. The van der Waals surface area contributed by atoms with Gasteiger partial charge in [0.1, 0.15) is 18.2 Å². The largest absolute Gasteiger partial charge is 0.394 e. The van der Waals surface area contributed by atoms with Crippen LogP contribution in [-0.4, -0.2) is 53.5 Å². The average molecular weight is 344 g/mol. The highest BCUT2D eigenvalue weighted by Gasteiger charge is 2.37. The molecule has 130 valence electrons. The Labute approximate surface area is 140 Å². The van der Waals surface area contributed by atoms with Gasteiger partial charge in [0.05, 0.1) is 12.7 Å². The van der Waals surface area contributed by atoms with Gasteiger partial charge in [-0.3, -0.25) is 19.3 Å². The lowest BCUT2D eigenvalue weighted by molar-refractivity contribution is -0.0426. The van der Waals surface area contributed by atoms with Gasteiger partial charge in [-0.1, -0.05) is 0 Å². The molecule has 0 aliphatic carbocycles. The highest BCUT2D eigenvalue weighted by molar-refractivity contribution is 5.77. The molecule has 0 aromatic carbocycles. The first-order valence-electron chi connectivity index (χ1n) is 7.71. The summed E-state index contributed by atoms with van der Waals surface area (Å²) in [6, 6.07) is 3.48. The van der Waals surface area contributed by atoms with Crippen LogP contribution >= 0.6 is 0 Å². The maximum Gasteiger partial charge on any atom is 0.280 e. The van der Waals surface area contributed by atoms with Crippen molar-refractivity contribution in [1.29, 1.82) is 0 Å². The van der Waals surface area contributed by atoms with Crippen molar-refractivity contribution in [3.05, 3.63) is 34.9 Å². The van der Waals surface area contributed by atoms with Crippen molar-refractivity contribution >= 4 is 17.1 Å². The van der Waals surface area contributed by atoms with E-state index in [1.807, 2.05) is 0 Å². The molecule has 1 saturated heterocycles. The molecule has 0 radical (unpaired) electrons. The zero-order chi connectivity index (χ0) is 17.6. The van der Waals surface area contributed by atoms with Crippen LogP contribution in [0.1, 0.15) is 12.6 Å². The lowest BCUT2D eigenvalue weighted by Crippen LogP contribution is -2.24. The third-order valence-electron chi connectivity index (χ3n) is 4.18. The number of anilines is 1. The molecule has 0 amide bonds. The minimum Gasteiger partial charge on any atom is -0.394 e. The molecule has 4 heterocycles. The molecule has 3 aromatic heterocycles. The molecule has 0 saturated carbocycles. The van der Waals surface area contributed by atoms with E-state index in [-0.39, 0.29) is 30.1 Å². The van der Waals surface area contributed by atoms with E-state index in [9.17, 15) is 15.0 Å². The molecule has 3 atom stereocenters. The Balaban J connectivity index is 1.96. The van der Waals surface area contributed by atoms with E-state index in [1.54, 1.807) is 29.1 Å². The molecule has 3 aromatic rings. The number of nitrogen functional groups attached to an aromatic ring is 1. The smallest absolute Gasteiger partial charge is 0.280 e. The van der Waals surface area contributed by atoms with Gasteiger partial charge in [0.25, 0.3) is 5.56 Å². The fraction of sp³-hybridized carbons (Fsp3) is 0.333. The normalized spacial score (nSPS) is 23.4. The van der Waals surface area contributed by atoms with Gasteiger partial charge in [0.2, 0.25) is 5.95 Å². The topological polar surface area (TPSA) is 152 Å². The van der Waals surface area contributed by atoms with E-state index < -0.39 is 24.0 Å². The third-order valence-corrected chi connectivity index (χ3v) is 4.18. The highest BCUT2D eigenvalue weighted by Crippen LogP contribution is 2.34. The zero-order valence-electron chi connectivity index (χ0n) is 13.0. The minimum absolute atomic E-state index is 0.0443. The molecular weight excluding hydrogens is 328 g/mol. The molecule has 5 N–H and O–H groups in total. The molecule has 1 aliphatic heterocycles. The Morgan fingerprint density at radius 1 is 1.36 bits per heavy atom. The predicted octanol–water partition coefficient (Wildman–Crippen LogP) is -0.596. The Morgan fingerprint density at radius 3 is 2.80 bits per heavy atom. The van der Waals surface area contributed by atoms with Crippen LogP contribution in [0.5, 0.6) is 0 Å². The average Bonchev–Trinajstić information content (AvgIpc) is 3.16. The van der Waals surface area contributed by atoms with Crippen LogP contribution in [0.2, 0.25) is 0 Å². The molecule has 25 heavy (non-hydrogen) atoms. The van der Waals surface area contributed by atoms with Gasteiger partial charge in [-0.25, -0.2) is 4.98 Å². The number of fused-ring (bicyclic) bond motifs is 1. The third kappa shape index (κ3) is 2.56. The van der Waals surface area contributed by atoms with Crippen molar-refractivity contribution in [1.82, 2.24) is 24.5 Å². The second-order valence-corrected chi connectivity index (χ2v) is 5.78. The van der Waals surface area contributed by atoms with Crippen molar-refractivity contribution in [2.24, 2.45) is 0 Å². The van der Waals surface area contributed by atoms with E-state index in [0.717, 1.165) is 0 Å². The molecule has 10 nitrogen and oxygen atoms in total. The first kappa shape index (κ1) is 15.7. The van der Waals surface area contributed by atoms with Crippen LogP contribution in [-0.2, 0) is 4.74 Å². The SMILES string of the molecule is Nc1nc2c(nc(-c3ccncc3)n2C2CC(O)C(CO)O2)c(=O)[nH]1. The number of imidazole rings is 1. The van der Waals surface area contributed by atoms with E-state index in [4.69, 9.17) is 10.5 Å². The number of nitrogens with one attached hydrogen (secondary N) is 1. The summed E-state index contributed by atoms with van der Waals surface area (Å²) in [4.78, 5) is 27.2. The fourth-order valence-electron chi connectivity index (χ4n) is 3.02. The number of aromatic amines is 1. The van der Waals surface area contributed by atoms with Crippen LogP contribution in [0.25, 0.3) is 22.6 Å². The van der Waals surface area contributed by atoms with Crippen molar-refractivity contribution in [2.75, 3.05) is 12.3 Å². The molecule has 0 bridgehead atoms. The maximum atomic E-state index is 12.2. The summed E-state index contributed by atoms with van der Waals surface area (Å²) in [5.74, 6) is 0.397. The van der Waals surface area contributed by atoms with Gasteiger partial charge in [-0.15, -0.1) is 0 Å². The van der Waals surface area contributed by atoms with Crippen molar-refractivity contribution in [3.63, 3.8) is 0 Å². The number of nitrogens with zero attached hydrogens (tertiary/aromatic N) is 4. The first-order chi connectivity index (χ1) is 12.1. The van der Waals surface area contributed by atoms with Crippen molar-refractivity contribution in [2.45, 2.75) is 24.9 Å². The standard InChI is InChI=1S/C15H16N6O4/c16-15-19-13-11(14(24)20-15)18-12(7-1-3-17-4-2-7)21(13)10-5-8(23)9(6-22)25-10/h1-4,8-10,22-23H,5-6H2,(H3,16,19,20,24). The summed E-state index contributed by atoms with van der Waals surface area (Å²) in [6.45, 7) is -0.314. The Hall–Kier alpha value is -2.82. The van der Waals surface area contributed by atoms with Gasteiger partial charge in [-0.2, -0.15) is 4.98 Å². The number of hydrogen-bond donors (Lipinski definition) is 4. The summed E-state index contributed by atoms with van der Waals surface area (Å²) >= 11 is 0. The van der Waals surface area contributed by atoms with Crippen LogP contribution < -0.4 is 11.3 Å². The van der Waals surface area contributed by atoms with Crippen molar-refractivity contribution in [3.8, 4) is 11.4 Å². The van der Waals surface area contributed by atoms with Crippen LogP contribution in [0.4, 0.5) is 5.95 Å². The number of aromatic nitrogens is 5. The lowest BCUT2D eigenvalue weighted by Gasteiger charge is -2.16. The molecule has 1 fully saturated rings. The Kier molecular flexibility index (Phi) is 3.71. The number of rotatable bonds is 3. The second kappa shape index (κ2) is 5.92. The lowest BCUT2D eigenvalue weighted by atomic mass is 10.2. The van der Waals surface area contributed by atoms with Gasteiger partial charge >= 0.3 is 0 Å².